The van der Waals surface area contributed by atoms with Gasteiger partial charge < -0.3 is 19.8 Å². The largest absolute Gasteiger partial charge is 0.472 e. The number of carbonyl (C=O) groups is 1. The zero-order valence-electron chi connectivity index (χ0n) is 53.6. The van der Waals surface area contributed by atoms with Gasteiger partial charge in [-0.1, -0.05) is 333 Å². The molecule has 0 rings (SSSR count). The van der Waals surface area contributed by atoms with Crippen molar-refractivity contribution in [1.29, 1.82) is 0 Å². The van der Waals surface area contributed by atoms with Crippen LogP contribution in [0.25, 0.3) is 0 Å². The molecule has 9 heteroatoms. The molecule has 79 heavy (non-hydrogen) atoms. The quantitative estimate of drug-likeness (QED) is 0.0243. The Balaban J connectivity index is 4.00. The summed E-state index contributed by atoms with van der Waals surface area (Å²) in [5.41, 5.74) is 0. The normalized spacial score (nSPS) is 13.9. The lowest BCUT2D eigenvalue weighted by molar-refractivity contribution is -0.870. The van der Waals surface area contributed by atoms with Crippen LogP contribution >= 0.6 is 7.82 Å². The monoisotopic (exact) mass is 1130 g/mol. The summed E-state index contributed by atoms with van der Waals surface area (Å²) < 4.78 is 23.9. The Bertz CT molecular complexity index is 1380. The Hall–Kier alpha value is -1.28. The summed E-state index contributed by atoms with van der Waals surface area (Å²) in [6.07, 6.45) is 81.0. The molecule has 1 amide bonds. The minimum atomic E-state index is -4.33. The van der Waals surface area contributed by atoms with Gasteiger partial charge in [0.25, 0.3) is 0 Å². The zero-order chi connectivity index (χ0) is 57.7. The van der Waals surface area contributed by atoms with E-state index < -0.39 is 20.0 Å². The van der Waals surface area contributed by atoms with E-state index in [2.05, 4.69) is 55.6 Å². The number of likely N-dealkylation sites (N-methyl/N-ethyl adjacent to an activating group) is 1. The summed E-state index contributed by atoms with van der Waals surface area (Å²) in [6.45, 7) is 4.93. The molecule has 0 heterocycles. The van der Waals surface area contributed by atoms with E-state index in [1.165, 1.54) is 276 Å². The number of unbranched alkanes of at least 4 members (excludes halogenated alkanes) is 46. The highest BCUT2D eigenvalue weighted by Crippen LogP contribution is 2.43. The van der Waals surface area contributed by atoms with Crippen LogP contribution in [0.3, 0.4) is 0 Å². The van der Waals surface area contributed by atoms with Crippen molar-refractivity contribution in [2.45, 2.75) is 366 Å². The second-order valence-electron chi connectivity index (χ2n) is 25.3. The van der Waals surface area contributed by atoms with Crippen LogP contribution in [0.4, 0.5) is 0 Å². The fourth-order valence-corrected chi connectivity index (χ4v) is 11.4. The SMILES string of the molecule is CCCCCCC/C=C\C/C=C\C/C=C\CCCCCCCCCCCCCCCCCCCCC(=O)NC(COP(=O)(O)OCC[N+](C)(C)C)C(O)CCCCCCCCCCCCCCCCCCCCCCCCCC. The number of phosphoric ester groups is 1. The lowest BCUT2D eigenvalue weighted by Crippen LogP contribution is -2.46. The average molecular weight is 1130 g/mol. The molecular formula is C70H138N2O6P+. The van der Waals surface area contributed by atoms with Crippen LogP contribution in [0.2, 0.25) is 0 Å². The molecule has 0 aromatic rings. The molecule has 0 aliphatic rings. The highest BCUT2D eigenvalue weighted by molar-refractivity contribution is 7.47. The molecular weight excluding hydrogens is 996 g/mol. The maximum Gasteiger partial charge on any atom is 0.472 e. The number of hydrogen-bond acceptors (Lipinski definition) is 5. The molecule has 0 saturated heterocycles. The van der Waals surface area contributed by atoms with Crippen LogP contribution in [0, 0.1) is 0 Å². The topological polar surface area (TPSA) is 105 Å². The van der Waals surface area contributed by atoms with Crippen molar-refractivity contribution in [2.24, 2.45) is 0 Å². The predicted molar refractivity (Wildman–Crippen MR) is 346 cm³/mol. The first-order valence-electron chi connectivity index (χ1n) is 34.9. The first-order chi connectivity index (χ1) is 38.5. The fourth-order valence-electron chi connectivity index (χ4n) is 10.7. The molecule has 0 spiro atoms. The first-order valence-corrected chi connectivity index (χ1v) is 36.3. The van der Waals surface area contributed by atoms with Crippen molar-refractivity contribution in [1.82, 2.24) is 5.32 Å². The van der Waals surface area contributed by atoms with Crippen LogP contribution in [-0.2, 0) is 18.4 Å². The lowest BCUT2D eigenvalue weighted by Gasteiger charge is -2.26. The summed E-state index contributed by atoms with van der Waals surface area (Å²) >= 11 is 0. The Morgan fingerprint density at radius 2 is 0.722 bits per heavy atom. The van der Waals surface area contributed by atoms with Gasteiger partial charge in [-0.05, 0) is 51.4 Å². The van der Waals surface area contributed by atoms with Gasteiger partial charge in [-0.2, -0.15) is 0 Å². The van der Waals surface area contributed by atoms with Gasteiger partial charge in [0.2, 0.25) is 5.91 Å². The van der Waals surface area contributed by atoms with E-state index in [4.69, 9.17) is 9.05 Å². The number of hydrogen-bond donors (Lipinski definition) is 3. The van der Waals surface area contributed by atoms with Gasteiger partial charge >= 0.3 is 7.82 Å². The van der Waals surface area contributed by atoms with Crippen LogP contribution < -0.4 is 5.32 Å². The molecule has 3 unspecified atom stereocenters. The highest BCUT2D eigenvalue weighted by atomic mass is 31.2. The van der Waals surface area contributed by atoms with Crippen molar-refractivity contribution in [2.75, 3.05) is 40.9 Å². The molecule has 3 atom stereocenters. The van der Waals surface area contributed by atoms with E-state index in [9.17, 15) is 19.4 Å². The number of aliphatic hydroxyl groups excluding tert-OH is 1. The minimum absolute atomic E-state index is 0.0766. The maximum absolute atomic E-state index is 13.1. The van der Waals surface area contributed by atoms with Crippen LogP contribution in [0.15, 0.2) is 36.5 Å². The summed E-state index contributed by atoms with van der Waals surface area (Å²) in [6, 6.07) is -0.761. The van der Waals surface area contributed by atoms with Crippen LogP contribution in [0.1, 0.15) is 354 Å². The van der Waals surface area contributed by atoms with E-state index in [0.717, 1.165) is 51.4 Å². The number of carbonyl (C=O) groups excluding carboxylic acids is 1. The molecule has 0 bridgehead atoms. The van der Waals surface area contributed by atoms with Gasteiger partial charge in [-0.3, -0.25) is 13.8 Å². The number of amides is 1. The van der Waals surface area contributed by atoms with Gasteiger partial charge in [0.05, 0.1) is 39.9 Å². The van der Waals surface area contributed by atoms with Crippen LogP contribution in [0.5, 0.6) is 0 Å². The third-order valence-electron chi connectivity index (χ3n) is 16.1. The van der Waals surface area contributed by atoms with Gasteiger partial charge in [0, 0.05) is 6.42 Å². The second-order valence-corrected chi connectivity index (χ2v) is 26.7. The molecule has 468 valence electrons. The minimum Gasteiger partial charge on any atom is -0.391 e. The highest BCUT2D eigenvalue weighted by Gasteiger charge is 2.28. The van der Waals surface area contributed by atoms with Gasteiger partial charge in [0.1, 0.15) is 13.2 Å². The van der Waals surface area contributed by atoms with Gasteiger partial charge in [-0.15, -0.1) is 0 Å². The number of phosphoric acid groups is 1. The first kappa shape index (κ1) is 77.7. The molecule has 0 aliphatic carbocycles. The average Bonchev–Trinajstić information content (AvgIpc) is 3.42. The van der Waals surface area contributed by atoms with Crippen molar-refractivity contribution in [3.8, 4) is 0 Å². The number of nitrogens with zero attached hydrogens (tertiary/aromatic N) is 1. The van der Waals surface area contributed by atoms with Crippen LogP contribution in [-0.4, -0.2) is 73.4 Å². The molecule has 0 fully saturated rings. The Morgan fingerprint density at radius 1 is 0.430 bits per heavy atom. The zero-order valence-corrected chi connectivity index (χ0v) is 54.5. The van der Waals surface area contributed by atoms with Gasteiger partial charge in [-0.25, -0.2) is 4.57 Å². The predicted octanol–water partition coefficient (Wildman–Crippen LogP) is 22.1. The molecule has 0 aromatic heterocycles. The van der Waals surface area contributed by atoms with Crippen molar-refractivity contribution in [3.63, 3.8) is 0 Å². The van der Waals surface area contributed by atoms with Crippen molar-refractivity contribution >= 4 is 13.7 Å². The molecule has 0 saturated carbocycles. The molecule has 0 aromatic carbocycles. The number of nitrogens with one attached hydrogen (secondary N) is 1. The summed E-state index contributed by atoms with van der Waals surface area (Å²) in [5, 5.41) is 14.1. The number of quaternary nitrogens is 1. The molecule has 0 radical (unpaired) electrons. The Morgan fingerprint density at radius 3 is 1.05 bits per heavy atom. The van der Waals surface area contributed by atoms with E-state index >= 15 is 0 Å². The standard InChI is InChI=1S/C70H137N2O6P/c1-6-8-10-12-14-16-18-20-22-24-26-28-30-32-33-34-35-36-37-38-39-40-42-44-46-48-50-52-54-56-58-60-62-64-70(74)71-68(67-78-79(75,76)77-66-65-72(3,4)5)69(73)63-61-59-57-55-53-51-49-47-45-43-41-31-29-27-25-23-21-19-17-15-13-11-9-7-2/h18,20,24,26,30,32,68-69,73H,6-17,19,21-23,25,27-29,31,33-67H2,1-5H3,(H-,71,74,75,76)/p+1/b20-18-,26-24-,32-30-. The Labute approximate surface area is 493 Å². The molecule has 0 aliphatic heterocycles. The van der Waals surface area contributed by atoms with Crippen molar-refractivity contribution in [3.05, 3.63) is 36.5 Å². The maximum atomic E-state index is 13.1. The summed E-state index contributed by atoms with van der Waals surface area (Å²) in [5.74, 6) is -0.137. The Kier molecular flexibility index (Phi) is 60.3. The molecule has 3 N–H and O–H groups in total. The number of rotatable bonds is 65. The fraction of sp³-hybridized carbons (Fsp3) is 0.900. The van der Waals surface area contributed by atoms with E-state index in [1.807, 2.05) is 21.1 Å². The number of aliphatic hydroxyl groups is 1. The third-order valence-corrected chi connectivity index (χ3v) is 17.1. The second kappa shape index (κ2) is 61.3. The smallest absolute Gasteiger partial charge is 0.391 e. The summed E-state index contributed by atoms with van der Waals surface area (Å²) in [4.78, 5) is 23.5. The van der Waals surface area contributed by atoms with E-state index in [1.54, 1.807) is 0 Å². The lowest BCUT2D eigenvalue weighted by atomic mass is 10.0. The molecule has 8 nitrogen and oxygen atoms in total. The number of allylic oxidation sites excluding steroid dienone is 6. The van der Waals surface area contributed by atoms with Gasteiger partial charge in [0.15, 0.2) is 0 Å². The van der Waals surface area contributed by atoms with E-state index in [0.29, 0.717) is 23.9 Å². The summed E-state index contributed by atoms with van der Waals surface area (Å²) in [7, 11) is 1.63. The third kappa shape index (κ3) is 64.1. The van der Waals surface area contributed by atoms with Crippen molar-refractivity contribution < 1.29 is 32.9 Å². The van der Waals surface area contributed by atoms with E-state index in [-0.39, 0.29) is 19.1 Å².